The smallest absolute Gasteiger partial charge is 0.417 e. The van der Waals surface area contributed by atoms with E-state index >= 15 is 0 Å². The van der Waals surface area contributed by atoms with Crippen molar-refractivity contribution in [1.82, 2.24) is 5.32 Å². The monoisotopic (exact) mass is 347 g/mol. The van der Waals surface area contributed by atoms with Crippen LogP contribution in [0.4, 0.5) is 13.2 Å². The summed E-state index contributed by atoms with van der Waals surface area (Å²) >= 11 is 2.92. The van der Waals surface area contributed by atoms with Gasteiger partial charge in [0.05, 0.1) is 11.6 Å². The summed E-state index contributed by atoms with van der Waals surface area (Å²) in [5, 5.41) is 3.01. The van der Waals surface area contributed by atoms with Crippen LogP contribution in [0.1, 0.15) is 24.3 Å². The quantitative estimate of drug-likeness (QED) is 0.844. The van der Waals surface area contributed by atoms with Crippen molar-refractivity contribution in [3.63, 3.8) is 0 Å². The predicted molar refractivity (Wildman–Crippen MR) is 74.3 cm³/mol. The van der Waals surface area contributed by atoms with Crippen LogP contribution in [0, 0.1) is 0 Å². The van der Waals surface area contributed by atoms with E-state index in [0.717, 1.165) is 6.07 Å². The lowest BCUT2D eigenvalue weighted by Crippen LogP contribution is -2.11. The summed E-state index contributed by atoms with van der Waals surface area (Å²) in [6.07, 6.45) is -4.40. The van der Waals surface area contributed by atoms with Gasteiger partial charge in [-0.3, -0.25) is 0 Å². The Hall–Kier alpha value is -1.27. The fourth-order valence-electron chi connectivity index (χ4n) is 1.78. The SMILES string of the molecule is CNC(C)c1ccc(-c2ccc(Br)c(C(F)(F)F)c2)o1. The summed E-state index contributed by atoms with van der Waals surface area (Å²) in [7, 11) is 1.79. The Labute approximate surface area is 123 Å². The van der Waals surface area contributed by atoms with Gasteiger partial charge >= 0.3 is 6.18 Å². The van der Waals surface area contributed by atoms with Crippen molar-refractivity contribution >= 4 is 15.9 Å². The van der Waals surface area contributed by atoms with Crippen LogP contribution < -0.4 is 5.32 Å². The number of halogens is 4. The number of alkyl halides is 3. The topological polar surface area (TPSA) is 25.2 Å². The van der Waals surface area contributed by atoms with E-state index in [1.807, 2.05) is 6.92 Å². The van der Waals surface area contributed by atoms with Crippen molar-refractivity contribution in [1.29, 1.82) is 0 Å². The predicted octanol–water partition coefficient (Wildman–Crippen LogP) is 5.01. The first kappa shape index (κ1) is 15.1. The van der Waals surface area contributed by atoms with Gasteiger partial charge in [-0.05, 0) is 38.2 Å². The molecule has 1 N–H and O–H groups in total. The van der Waals surface area contributed by atoms with Crippen molar-refractivity contribution in [2.45, 2.75) is 19.1 Å². The van der Waals surface area contributed by atoms with Gasteiger partial charge in [-0.1, -0.05) is 22.0 Å². The summed E-state index contributed by atoms with van der Waals surface area (Å²) < 4.78 is 44.2. The molecule has 1 heterocycles. The molecule has 0 amide bonds. The Balaban J connectivity index is 2.41. The van der Waals surface area contributed by atoms with Gasteiger partial charge < -0.3 is 9.73 Å². The van der Waals surface area contributed by atoms with Gasteiger partial charge in [-0.25, -0.2) is 0 Å². The molecule has 0 saturated heterocycles. The van der Waals surface area contributed by atoms with Gasteiger partial charge in [0.1, 0.15) is 11.5 Å². The molecule has 0 spiro atoms. The van der Waals surface area contributed by atoms with Crippen LogP contribution in [0.15, 0.2) is 39.2 Å². The first-order valence-corrected chi connectivity index (χ1v) is 6.76. The maximum absolute atomic E-state index is 12.9. The van der Waals surface area contributed by atoms with Crippen LogP contribution in [-0.4, -0.2) is 7.05 Å². The van der Waals surface area contributed by atoms with E-state index in [2.05, 4.69) is 21.2 Å². The number of rotatable bonds is 3. The number of furan rings is 1. The molecule has 1 aromatic heterocycles. The van der Waals surface area contributed by atoms with E-state index in [-0.39, 0.29) is 10.5 Å². The summed E-state index contributed by atoms with van der Waals surface area (Å²) in [4.78, 5) is 0. The zero-order chi connectivity index (χ0) is 14.9. The highest BCUT2D eigenvalue weighted by Crippen LogP contribution is 2.37. The fraction of sp³-hybridized carbons (Fsp3) is 0.286. The summed E-state index contributed by atoms with van der Waals surface area (Å²) in [5.74, 6) is 1.10. The Morgan fingerprint density at radius 3 is 2.50 bits per heavy atom. The highest BCUT2D eigenvalue weighted by molar-refractivity contribution is 9.10. The van der Waals surface area contributed by atoms with E-state index < -0.39 is 11.7 Å². The van der Waals surface area contributed by atoms with E-state index in [1.165, 1.54) is 6.07 Å². The second kappa shape index (κ2) is 5.61. The minimum Gasteiger partial charge on any atom is -0.459 e. The molecule has 1 atom stereocenters. The maximum Gasteiger partial charge on any atom is 0.417 e. The van der Waals surface area contributed by atoms with Gasteiger partial charge in [0, 0.05) is 10.0 Å². The Kier molecular flexibility index (Phi) is 4.25. The molecule has 0 saturated carbocycles. The van der Waals surface area contributed by atoms with Gasteiger partial charge in [0.25, 0.3) is 0 Å². The molecule has 0 aliphatic carbocycles. The van der Waals surface area contributed by atoms with Crippen LogP contribution >= 0.6 is 15.9 Å². The zero-order valence-corrected chi connectivity index (χ0v) is 12.5. The third-order valence-electron chi connectivity index (χ3n) is 3.04. The van der Waals surface area contributed by atoms with Gasteiger partial charge in [-0.2, -0.15) is 13.2 Å². The van der Waals surface area contributed by atoms with E-state index in [9.17, 15) is 13.2 Å². The highest BCUT2D eigenvalue weighted by atomic mass is 79.9. The zero-order valence-electron chi connectivity index (χ0n) is 10.9. The standard InChI is InChI=1S/C14H13BrF3NO/c1-8(19-2)12-5-6-13(20-12)9-3-4-11(15)10(7-9)14(16,17)18/h3-8,19H,1-2H3. The first-order chi connectivity index (χ1) is 9.32. The molecule has 0 radical (unpaired) electrons. The molecular weight excluding hydrogens is 335 g/mol. The lowest BCUT2D eigenvalue weighted by molar-refractivity contribution is -0.138. The normalized spacial score (nSPS) is 13.5. The number of benzene rings is 1. The van der Waals surface area contributed by atoms with Crippen molar-refractivity contribution in [3.8, 4) is 11.3 Å². The van der Waals surface area contributed by atoms with Crippen LogP contribution in [0.2, 0.25) is 0 Å². The second-order valence-electron chi connectivity index (χ2n) is 4.40. The first-order valence-electron chi connectivity index (χ1n) is 5.97. The lowest BCUT2D eigenvalue weighted by Gasteiger charge is -2.10. The van der Waals surface area contributed by atoms with Crippen LogP contribution in [0.25, 0.3) is 11.3 Å². The molecule has 0 aliphatic heterocycles. The van der Waals surface area contributed by atoms with Gasteiger partial charge in [-0.15, -0.1) is 0 Å². The molecule has 1 unspecified atom stereocenters. The van der Waals surface area contributed by atoms with E-state index in [0.29, 0.717) is 17.1 Å². The molecule has 1 aromatic carbocycles. The molecule has 0 bridgehead atoms. The molecule has 108 valence electrons. The van der Waals surface area contributed by atoms with Crippen LogP contribution in [-0.2, 0) is 6.18 Å². The van der Waals surface area contributed by atoms with Gasteiger partial charge in [0.2, 0.25) is 0 Å². The number of hydrogen-bond donors (Lipinski definition) is 1. The average molecular weight is 348 g/mol. The molecule has 6 heteroatoms. The molecular formula is C14H13BrF3NO. The summed E-state index contributed by atoms with van der Waals surface area (Å²) in [6, 6.07) is 7.48. The lowest BCUT2D eigenvalue weighted by atomic mass is 10.1. The van der Waals surface area contributed by atoms with Crippen LogP contribution in [0.5, 0.6) is 0 Å². The fourth-order valence-corrected chi connectivity index (χ4v) is 2.25. The maximum atomic E-state index is 12.9. The molecule has 2 aromatic rings. The molecule has 0 aliphatic rings. The molecule has 0 fully saturated rings. The largest absolute Gasteiger partial charge is 0.459 e. The van der Waals surface area contributed by atoms with Crippen molar-refractivity contribution < 1.29 is 17.6 Å². The Morgan fingerprint density at radius 1 is 1.20 bits per heavy atom. The van der Waals surface area contributed by atoms with Crippen LogP contribution in [0.3, 0.4) is 0 Å². The van der Waals surface area contributed by atoms with Gasteiger partial charge in [0.15, 0.2) is 0 Å². The minimum atomic E-state index is -4.40. The molecule has 20 heavy (non-hydrogen) atoms. The van der Waals surface area contributed by atoms with Crippen molar-refractivity contribution in [3.05, 3.63) is 46.1 Å². The number of nitrogens with one attached hydrogen (secondary N) is 1. The minimum absolute atomic E-state index is 0.00119. The number of hydrogen-bond acceptors (Lipinski definition) is 2. The third-order valence-corrected chi connectivity index (χ3v) is 3.73. The highest BCUT2D eigenvalue weighted by Gasteiger charge is 2.33. The molecule has 2 nitrogen and oxygen atoms in total. The molecule has 2 rings (SSSR count). The van der Waals surface area contributed by atoms with E-state index in [1.54, 1.807) is 25.2 Å². The summed E-state index contributed by atoms with van der Waals surface area (Å²) in [5.41, 5.74) is -0.315. The van der Waals surface area contributed by atoms with E-state index in [4.69, 9.17) is 4.42 Å². The Bertz CT molecular complexity index is 607. The third kappa shape index (κ3) is 3.07. The summed E-state index contributed by atoms with van der Waals surface area (Å²) in [6.45, 7) is 1.91. The van der Waals surface area contributed by atoms with Crippen molar-refractivity contribution in [2.75, 3.05) is 7.05 Å². The Morgan fingerprint density at radius 2 is 1.90 bits per heavy atom. The van der Waals surface area contributed by atoms with Crippen molar-refractivity contribution in [2.24, 2.45) is 0 Å². The average Bonchev–Trinajstić information content (AvgIpc) is 2.86. The second-order valence-corrected chi connectivity index (χ2v) is 5.26.